The lowest BCUT2D eigenvalue weighted by Crippen LogP contribution is -2.35. The van der Waals surface area contributed by atoms with Gasteiger partial charge in [-0.25, -0.2) is 4.79 Å². The van der Waals surface area contributed by atoms with Crippen LogP contribution in [0, 0.1) is 13.8 Å². The quantitative estimate of drug-likeness (QED) is 0.686. The van der Waals surface area contributed by atoms with Gasteiger partial charge in [0, 0.05) is 17.9 Å². The smallest absolute Gasteiger partial charge is 0.348 e. The van der Waals surface area contributed by atoms with Crippen molar-refractivity contribution < 1.29 is 9.90 Å². The van der Waals surface area contributed by atoms with E-state index in [1.165, 1.54) is 4.57 Å². The summed E-state index contributed by atoms with van der Waals surface area (Å²) in [6, 6.07) is 1.74. The fourth-order valence-corrected chi connectivity index (χ4v) is 1.36. The SMILES string of the molecule is Cc1cc(C)n(CC(=O)NCCO)c(=O)n1. The monoisotopic (exact) mass is 225 g/mol. The number of nitrogens with one attached hydrogen (secondary N) is 1. The van der Waals surface area contributed by atoms with Crippen LogP contribution in [0.1, 0.15) is 11.4 Å². The number of aryl methyl sites for hydroxylation is 2. The molecule has 16 heavy (non-hydrogen) atoms. The number of nitrogens with zero attached hydrogens (tertiary/aromatic N) is 2. The maximum atomic E-state index is 11.5. The molecular formula is C10H15N3O3. The minimum Gasteiger partial charge on any atom is -0.395 e. The summed E-state index contributed by atoms with van der Waals surface area (Å²) in [5, 5.41) is 11.0. The minimum atomic E-state index is -0.434. The summed E-state index contributed by atoms with van der Waals surface area (Å²) in [5.74, 6) is -0.315. The molecule has 0 bridgehead atoms. The Morgan fingerprint density at radius 3 is 2.81 bits per heavy atom. The lowest BCUT2D eigenvalue weighted by atomic mass is 10.3. The van der Waals surface area contributed by atoms with Crippen molar-refractivity contribution in [2.24, 2.45) is 0 Å². The molecule has 1 aromatic heterocycles. The molecule has 2 N–H and O–H groups in total. The average Bonchev–Trinajstić information content (AvgIpc) is 2.20. The molecular weight excluding hydrogens is 210 g/mol. The molecule has 0 aliphatic heterocycles. The molecule has 6 nitrogen and oxygen atoms in total. The molecule has 0 radical (unpaired) electrons. The van der Waals surface area contributed by atoms with Gasteiger partial charge in [-0.3, -0.25) is 9.36 Å². The molecule has 1 amide bonds. The standard InChI is InChI=1S/C10H15N3O3/c1-7-5-8(2)13(10(16)12-7)6-9(15)11-3-4-14/h5,14H,3-4,6H2,1-2H3,(H,11,15). The molecule has 0 spiro atoms. The summed E-state index contributed by atoms with van der Waals surface area (Å²) >= 11 is 0. The Hall–Kier alpha value is -1.69. The van der Waals surface area contributed by atoms with E-state index < -0.39 is 5.69 Å². The highest BCUT2D eigenvalue weighted by Gasteiger charge is 2.07. The summed E-state index contributed by atoms with van der Waals surface area (Å²) in [7, 11) is 0. The fourth-order valence-electron chi connectivity index (χ4n) is 1.36. The summed E-state index contributed by atoms with van der Waals surface area (Å²) in [6.45, 7) is 3.47. The van der Waals surface area contributed by atoms with Crippen molar-refractivity contribution in [3.63, 3.8) is 0 Å². The molecule has 0 aliphatic carbocycles. The van der Waals surface area contributed by atoms with Crippen LogP contribution in [0.5, 0.6) is 0 Å². The first kappa shape index (κ1) is 12.4. The lowest BCUT2D eigenvalue weighted by Gasteiger charge is -2.09. The second kappa shape index (κ2) is 5.41. The van der Waals surface area contributed by atoms with Gasteiger partial charge in [0.2, 0.25) is 5.91 Å². The number of rotatable bonds is 4. The minimum absolute atomic E-state index is 0.0715. The molecule has 0 unspecified atom stereocenters. The molecule has 0 saturated heterocycles. The lowest BCUT2D eigenvalue weighted by molar-refractivity contribution is -0.121. The van der Waals surface area contributed by atoms with E-state index in [0.29, 0.717) is 11.4 Å². The highest BCUT2D eigenvalue weighted by molar-refractivity contribution is 5.75. The zero-order valence-electron chi connectivity index (χ0n) is 9.36. The molecule has 6 heteroatoms. The van der Waals surface area contributed by atoms with Gasteiger partial charge in [0.25, 0.3) is 0 Å². The first-order valence-electron chi connectivity index (χ1n) is 4.97. The molecule has 1 rings (SSSR count). The summed E-state index contributed by atoms with van der Waals surface area (Å²) in [6.07, 6.45) is 0. The zero-order valence-corrected chi connectivity index (χ0v) is 9.36. The number of aromatic nitrogens is 2. The number of carbonyl (C=O) groups excluding carboxylic acids is 1. The second-order valence-electron chi connectivity index (χ2n) is 3.48. The molecule has 88 valence electrons. The molecule has 0 saturated carbocycles. The van der Waals surface area contributed by atoms with Crippen LogP contribution in [0.25, 0.3) is 0 Å². The normalized spacial score (nSPS) is 10.2. The molecule has 1 aromatic rings. The average molecular weight is 225 g/mol. The van der Waals surface area contributed by atoms with Gasteiger partial charge in [0.15, 0.2) is 0 Å². The van der Waals surface area contributed by atoms with Crippen molar-refractivity contribution in [2.75, 3.05) is 13.2 Å². The first-order valence-corrected chi connectivity index (χ1v) is 4.97. The van der Waals surface area contributed by atoms with E-state index in [1.807, 2.05) is 0 Å². The zero-order chi connectivity index (χ0) is 12.1. The Balaban J connectivity index is 2.81. The highest BCUT2D eigenvalue weighted by atomic mass is 16.3. The van der Waals surface area contributed by atoms with Crippen molar-refractivity contribution in [1.82, 2.24) is 14.9 Å². The van der Waals surface area contributed by atoms with Gasteiger partial charge in [0.05, 0.1) is 6.61 Å². The number of aliphatic hydroxyl groups excluding tert-OH is 1. The number of aliphatic hydroxyl groups is 1. The van der Waals surface area contributed by atoms with Crippen molar-refractivity contribution in [2.45, 2.75) is 20.4 Å². The Morgan fingerprint density at radius 1 is 1.56 bits per heavy atom. The van der Waals surface area contributed by atoms with Crippen LogP contribution >= 0.6 is 0 Å². The topological polar surface area (TPSA) is 84.2 Å². The van der Waals surface area contributed by atoms with Crippen molar-refractivity contribution in [1.29, 1.82) is 0 Å². The van der Waals surface area contributed by atoms with Gasteiger partial charge in [-0.05, 0) is 19.9 Å². The van der Waals surface area contributed by atoms with Crippen molar-refractivity contribution >= 4 is 5.91 Å². The van der Waals surface area contributed by atoms with Crippen LogP contribution < -0.4 is 11.0 Å². The summed E-state index contributed by atoms with van der Waals surface area (Å²) in [5.41, 5.74) is 0.891. The van der Waals surface area contributed by atoms with E-state index in [4.69, 9.17) is 5.11 Å². The third kappa shape index (κ3) is 3.16. The van der Waals surface area contributed by atoms with Gasteiger partial charge in [0.1, 0.15) is 6.54 Å². The van der Waals surface area contributed by atoms with E-state index in [1.54, 1.807) is 19.9 Å². The van der Waals surface area contributed by atoms with Gasteiger partial charge in [-0.1, -0.05) is 0 Å². The highest BCUT2D eigenvalue weighted by Crippen LogP contribution is 1.96. The number of amides is 1. The summed E-state index contributed by atoms with van der Waals surface area (Å²) < 4.78 is 1.29. The maximum Gasteiger partial charge on any atom is 0.348 e. The van der Waals surface area contributed by atoms with Crippen LogP contribution in [0.2, 0.25) is 0 Å². The molecule has 0 fully saturated rings. The van der Waals surface area contributed by atoms with Crippen LogP contribution in [0.4, 0.5) is 0 Å². The molecule has 0 atom stereocenters. The Kier molecular flexibility index (Phi) is 4.19. The Labute approximate surface area is 92.9 Å². The predicted octanol–water partition coefficient (Wildman–Crippen LogP) is -1.03. The van der Waals surface area contributed by atoms with Gasteiger partial charge in [-0.15, -0.1) is 0 Å². The number of carbonyl (C=O) groups is 1. The largest absolute Gasteiger partial charge is 0.395 e. The van der Waals surface area contributed by atoms with Crippen LogP contribution in [-0.4, -0.2) is 33.7 Å². The first-order chi connectivity index (χ1) is 7.54. The van der Waals surface area contributed by atoms with E-state index in [2.05, 4.69) is 10.3 Å². The predicted molar refractivity (Wildman–Crippen MR) is 58.1 cm³/mol. The van der Waals surface area contributed by atoms with Crippen molar-refractivity contribution in [3.05, 3.63) is 27.9 Å². The van der Waals surface area contributed by atoms with Gasteiger partial charge >= 0.3 is 5.69 Å². The molecule has 0 aliphatic rings. The maximum absolute atomic E-state index is 11.5. The number of hydrogen-bond donors (Lipinski definition) is 2. The third-order valence-corrected chi connectivity index (χ3v) is 2.08. The van der Waals surface area contributed by atoms with Crippen molar-refractivity contribution in [3.8, 4) is 0 Å². The van der Waals surface area contributed by atoms with Gasteiger partial charge in [-0.2, -0.15) is 4.98 Å². The van der Waals surface area contributed by atoms with E-state index in [-0.39, 0.29) is 25.6 Å². The molecule has 1 heterocycles. The Morgan fingerprint density at radius 2 is 2.25 bits per heavy atom. The van der Waals surface area contributed by atoms with E-state index >= 15 is 0 Å². The fraction of sp³-hybridized carbons (Fsp3) is 0.500. The van der Waals surface area contributed by atoms with Crippen LogP contribution in [0.3, 0.4) is 0 Å². The van der Waals surface area contributed by atoms with Gasteiger partial charge < -0.3 is 10.4 Å². The number of hydrogen-bond acceptors (Lipinski definition) is 4. The molecule has 0 aromatic carbocycles. The second-order valence-corrected chi connectivity index (χ2v) is 3.48. The summed E-state index contributed by atoms with van der Waals surface area (Å²) in [4.78, 5) is 26.6. The Bertz CT molecular complexity index is 439. The van der Waals surface area contributed by atoms with Crippen LogP contribution in [-0.2, 0) is 11.3 Å². The van der Waals surface area contributed by atoms with E-state index in [9.17, 15) is 9.59 Å². The van der Waals surface area contributed by atoms with E-state index in [0.717, 1.165) is 0 Å². The third-order valence-electron chi connectivity index (χ3n) is 2.08. The van der Waals surface area contributed by atoms with Crippen LogP contribution in [0.15, 0.2) is 10.9 Å².